The molecular formula is C20H31N3O2S. The van der Waals surface area contributed by atoms with E-state index in [9.17, 15) is 9.59 Å². The van der Waals surface area contributed by atoms with Crippen molar-refractivity contribution >= 4 is 23.2 Å². The molecule has 1 saturated heterocycles. The summed E-state index contributed by atoms with van der Waals surface area (Å²) in [4.78, 5) is 27.8. The molecule has 0 spiro atoms. The summed E-state index contributed by atoms with van der Waals surface area (Å²) in [6.45, 7) is 2.12. The Kier molecular flexibility index (Phi) is 7.50. The zero-order valence-electron chi connectivity index (χ0n) is 15.5. The highest BCUT2D eigenvalue weighted by Gasteiger charge is 2.32. The maximum atomic E-state index is 12.7. The van der Waals surface area contributed by atoms with E-state index in [1.165, 1.54) is 49.9 Å². The van der Waals surface area contributed by atoms with Crippen molar-refractivity contribution in [3.63, 3.8) is 0 Å². The number of hydrogen-bond acceptors (Lipinski definition) is 4. The lowest BCUT2D eigenvalue weighted by Crippen LogP contribution is -2.52. The van der Waals surface area contributed by atoms with Crippen LogP contribution in [0.5, 0.6) is 0 Å². The highest BCUT2D eigenvalue weighted by atomic mass is 32.1. The van der Waals surface area contributed by atoms with Gasteiger partial charge in [-0.1, -0.05) is 31.7 Å². The fourth-order valence-electron chi connectivity index (χ4n) is 4.05. The van der Waals surface area contributed by atoms with Crippen molar-refractivity contribution in [1.29, 1.82) is 0 Å². The van der Waals surface area contributed by atoms with Crippen LogP contribution < -0.4 is 10.6 Å². The topological polar surface area (TPSA) is 61.4 Å². The number of likely N-dealkylation sites (tertiary alicyclic amines) is 1. The summed E-state index contributed by atoms with van der Waals surface area (Å²) < 4.78 is 0. The molecule has 26 heavy (non-hydrogen) atoms. The summed E-state index contributed by atoms with van der Waals surface area (Å²) in [5.41, 5.74) is 0. The first-order valence-electron chi connectivity index (χ1n) is 10.1. The molecular weight excluding hydrogens is 346 g/mol. The molecule has 2 aliphatic rings. The molecule has 1 aromatic rings. The van der Waals surface area contributed by atoms with Crippen LogP contribution in [0.3, 0.4) is 0 Å². The lowest BCUT2D eigenvalue weighted by atomic mass is 10.0. The molecule has 5 nitrogen and oxygen atoms in total. The number of thiophene rings is 1. The minimum absolute atomic E-state index is 0.00253. The Morgan fingerprint density at radius 3 is 2.54 bits per heavy atom. The second-order valence-electron chi connectivity index (χ2n) is 7.42. The molecule has 1 aliphatic carbocycles. The third-order valence-electron chi connectivity index (χ3n) is 5.51. The van der Waals surface area contributed by atoms with Gasteiger partial charge in [0, 0.05) is 25.7 Å². The molecule has 6 heteroatoms. The van der Waals surface area contributed by atoms with E-state index in [4.69, 9.17) is 0 Å². The Morgan fingerprint density at radius 2 is 1.81 bits per heavy atom. The Balaban J connectivity index is 1.45. The summed E-state index contributed by atoms with van der Waals surface area (Å²) in [5, 5.41) is 8.54. The monoisotopic (exact) mass is 377 g/mol. The third-order valence-corrected chi connectivity index (χ3v) is 6.37. The van der Waals surface area contributed by atoms with E-state index < -0.39 is 0 Å². The third kappa shape index (κ3) is 5.30. The van der Waals surface area contributed by atoms with Crippen LogP contribution in [0.2, 0.25) is 0 Å². The van der Waals surface area contributed by atoms with Gasteiger partial charge in [0.15, 0.2) is 0 Å². The molecule has 3 rings (SSSR count). The van der Waals surface area contributed by atoms with Crippen molar-refractivity contribution in [2.75, 3.05) is 19.6 Å². The van der Waals surface area contributed by atoms with Crippen molar-refractivity contribution in [2.45, 2.75) is 69.9 Å². The molecule has 0 bridgehead atoms. The van der Waals surface area contributed by atoms with Gasteiger partial charge in [-0.25, -0.2) is 0 Å². The number of piperidine rings is 1. The number of carbonyl (C=O) groups excluding carboxylic acids is 2. The lowest BCUT2D eigenvalue weighted by molar-refractivity contribution is -0.126. The van der Waals surface area contributed by atoms with Crippen LogP contribution in [0.1, 0.15) is 67.5 Å². The van der Waals surface area contributed by atoms with E-state index in [1.54, 1.807) is 4.90 Å². The van der Waals surface area contributed by atoms with E-state index in [0.29, 0.717) is 19.1 Å². The molecule has 144 valence electrons. The number of nitrogens with zero attached hydrogens (tertiary/aromatic N) is 1. The van der Waals surface area contributed by atoms with Gasteiger partial charge in [0.25, 0.3) is 5.91 Å². The SMILES string of the molecule is O=C(NCCNC1CCCCCC1)C1CCCCN1C(=O)c1cccs1. The van der Waals surface area contributed by atoms with Crippen molar-refractivity contribution < 1.29 is 9.59 Å². The summed E-state index contributed by atoms with van der Waals surface area (Å²) in [6, 6.07) is 4.00. The first-order valence-corrected chi connectivity index (χ1v) is 11.0. The normalized spacial score (nSPS) is 22.0. The maximum Gasteiger partial charge on any atom is 0.264 e. The summed E-state index contributed by atoms with van der Waals surface area (Å²) in [7, 11) is 0. The van der Waals surface area contributed by atoms with Gasteiger partial charge in [-0.3, -0.25) is 9.59 Å². The van der Waals surface area contributed by atoms with Gasteiger partial charge in [0.1, 0.15) is 6.04 Å². The number of rotatable bonds is 6. The summed E-state index contributed by atoms with van der Waals surface area (Å²) >= 11 is 1.44. The van der Waals surface area contributed by atoms with Crippen LogP contribution in [-0.2, 0) is 4.79 Å². The molecule has 1 atom stereocenters. The van der Waals surface area contributed by atoms with Gasteiger partial charge >= 0.3 is 0 Å². The molecule has 1 aliphatic heterocycles. The van der Waals surface area contributed by atoms with Gasteiger partial charge in [0.05, 0.1) is 4.88 Å². The average molecular weight is 378 g/mol. The number of carbonyl (C=O) groups is 2. The smallest absolute Gasteiger partial charge is 0.264 e. The first-order chi connectivity index (χ1) is 12.8. The van der Waals surface area contributed by atoms with Crippen molar-refractivity contribution in [3.8, 4) is 0 Å². The largest absolute Gasteiger partial charge is 0.353 e. The second kappa shape index (κ2) is 10.1. The Hall–Kier alpha value is -1.40. The van der Waals surface area contributed by atoms with Crippen molar-refractivity contribution in [3.05, 3.63) is 22.4 Å². The average Bonchev–Trinajstić information content (AvgIpc) is 3.09. The quantitative estimate of drug-likeness (QED) is 0.591. The Bertz CT molecular complexity index is 568. The molecule has 2 amide bonds. The van der Waals surface area contributed by atoms with Crippen LogP contribution in [0.4, 0.5) is 0 Å². The molecule has 0 aromatic carbocycles. The number of hydrogen-bond donors (Lipinski definition) is 2. The van der Waals surface area contributed by atoms with Gasteiger partial charge in [-0.05, 0) is 43.6 Å². The standard InChI is InChI=1S/C20H31N3O2S/c24-19(22-13-12-21-16-8-3-1-2-4-9-16)17-10-5-6-14-23(17)20(25)18-11-7-15-26-18/h7,11,15-17,21H,1-6,8-10,12-14H2,(H,22,24). The minimum atomic E-state index is -0.323. The summed E-state index contributed by atoms with van der Waals surface area (Å²) in [6.07, 6.45) is 10.6. The lowest BCUT2D eigenvalue weighted by Gasteiger charge is -2.34. The predicted octanol–water partition coefficient (Wildman–Crippen LogP) is 3.17. The van der Waals surface area contributed by atoms with Crippen LogP contribution >= 0.6 is 11.3 Å². The molecule has 2 N–H and O–H groups in total. The van der Waals surface area contributed by atoms with E-state index in [-0.39, 0.29) is 17.9 Å². The van der Waals surface area contributed by atoms with Crippen LogP contribution in [0.25, 0.3) is 0 Å². The molecule has 1 unspecified atom stereocenters. The fraction of sp³-hybridized carbons (Fsp3) is 0.700. The van der Waals surface area contributed by atoms with Crippen LogP contribution in [0, 0.1) is 0 Å². The molecule has 1 saturated carbocycles. The van der Waals surface area contributed by atoms with Crippen molar-refractivity contribution in [2.24, 2.45) is 0 Å². The maximum absolute atomic E-state index is 12.7. The molecule has 1 aromatic heterocycles. The minimum Gasteiger partial charge on any atom is -0.353 e. The van der Waals surface area contributed by atoms with E-state index in [2.05, 4.69) is 10.6 Å². The molecule has 0 radical (unpaired) electrons. The van der Waals surface area contributed by atoms with Gasteiger partial charge in [-0.2, -0.15) is 0 Å². The zero-order chi connectivity index (χ0) is 18.2. The van der Waals surface area contributed by atoms with E-state index in [1.807, 2.05) is 17.5 Å². The fourth-order valence-corrected chi connectivity index (χ4v) is 4.73. The number of nitrogens with one attached hydrogen (secondary N) is 2. The van der Waals surface area contributed by atoms with Crippen LogP contribution in [-0.4, -0.2) is 48.4 Å². The second-order valence-corrected chi connectivity index (χ2v) is 8.37. The number of amides is 2. The highest BCUT2D eigenvalue weighted by Crippen LogP contribution is 2.22. The van der Waals surface area contributed by atoms with Gasteiger partial charge in [0.2, 0.25) is 5.91 Å². The molecule has 2 heterocycles. The van der Waals surface area contributed by atoms with Gasteiger partial charge < -0.3 is 15.5 Å². The first kappa shape index (κ1) is 19.4. The molecule has 2 fully saturated rings. The summed E-state index contributed by atoms with van der Waals surface area (Å²) in [5.74, 6) is -0.00583. The van der Waals surface area contributed by atoms with Crippen molar-refractivity contribution in [1.82, 2.24) is 15.5 Å². The Labute approximate surface area is 160 Å². The Morgan fingerprint density at radius 1 is 1.04 bits per heavy atom. The predicted molar refractivity (Wildman–Crippen MR) is 105 cm³/mol. The van der Waals surface area contributed by atoms with Gasteiger partial charge in [-0.15, -0.1) is 11.3 Å². The van der Waals surface area contributed by atoms with E-state index in [0.717, 1.165) is 30.7 Å². The highest BCUT2D eigenvalue weighted by molar-refractivity contribution is 7.12. The van der Waals surface area contributed by atoms with E-state index >= 15 is 0 Å². The van der Waals surface area contributed by atoms with Crippen LogP contribution in [0.15, 0.2) is 17.5 Å². The zero-order valence-corrected chi connectivity index (χ0v) is 16.4.